The molecule has 0 aliphatic carbocycles. The molecule has 0 unspecified atom stereocenters. The number of nitrogens with zero attached hydrogens (tertiary/aromatic N) is 7. The van der Waals surface area contributed by atoms with Crippen molar-refractivity contribution in [2.24, 2.45) is 0 Å². The molecule has 0 N–H and O–H groups in total. The zero-order valence-corrected chi connectivity index (χ0v) is 38.1. The Bertz CT molecular complexity index is 4200. The molecular formula is C63H39N7O. The molecule has 5 aromatic heterocycles. The summed E-state index contributed by atoms with van der Waals surface area (Å²) >= 11 is 0. The van der Waals surface area contributed by atoms with Gasteiger partial charge in [0.15, 0.2) is 5.58 Å². The van der Waals surface area contributed by atoms with Crippen LogP contribution in [0.15, 0.2) is 241 Å². The Balaban J connectivity index is 0.973. The van der Waals surface area contributed by atoms with E-state index in [1.165, 1.54) is 0 Å². The maximum atomic E-state index is 6.52. The molecule has 0 aliphatic rings. The first kappa shape index (κ1) is 40.3. The SMILES string of the molecule is c1ccc(-c2cc(-c3ccccc3)nc(-n3c4ccccc4c4cc(-c5ccc6c(c5)c5cc7oc(-c8ccccc8)nc7cc5n6-c5nc(-c6ccccc6)cc(-c6ccccc6)n5)ccc43)n2)cc1. The van der Waals surface area contributed by atoms with Crippen molar-refractivity contribution in [2.45, 2.75) is 0 Å². The third-order valence-electron chi connectivity index (χ3n) is 13.4. The van der Waals surface area contributed by atoms with Gasteiger partial charge in [0.2, 0.25) is 17.8 Å². The van der Waals surface area contributed by atoms with Crippen molar-refractivity contribution in [2.75, 3.05) is 0 Å². The molecule has 8 nitrogen and oxygen atoms in total. The smallest absolute Gasteiger partial charge is 0.235 e. The number of hydrogen-bond donors (Lipinski definition) is 0. The molecule has 0 saturated carbocycles. The van der Waals surface area contributed by atoms with Gasteiger partial charge in [0.25, 0.3) is 0 Å². The molecule has 14 rings (SSSR count). The Morgan fingerprint density at radius 2 is 0.648 bits per heavy atom. The summed E-state index contributed by atoms with van der Waals surface area (Å²) in [7, 11) is 0. The van der Waals surface area contributed by atoms with Crippen LogP contribution in [0, 0.1) is 0 Å². The van der Waals surface area contributed by atoms with Crippen LogP contribution in [0.5, 0.6) is 0 Å². The highest BCUT2D eigenvalue weighted by Gasteiger charge is 2.22. The van der Waals surface area contributed by atoms with E-state index in [1.54, 1.807) is 0 Å². The number of para-hydroxylation sites is 1. The summed E-state index contributed by atoms with van der Waals surface area (Å²) in [5.74, 6) is 1.74. The summed E-state index contributed by atoms with van der Waals surface area (Å²) in [5, 5.41) is 4.26. The molecule has 0 radical (unpaired) electrons. The van der Waals surface area contributed by atoms with E-state index >= 15 is 0 Å². The fraction of sp³-hybridized carbons (Fsp3) is 0. The Morgan fingerprint density at radius 1 is 0.268 bits per heavy atom. The number of oxazole rings is 1. The lowest BCUT2D eigenvalue weighted by Crippen LogP contribution is -2.04. The number of rotatable bonds is 8. The van der Waals surface area contributed by atoms with Crippen molar-refractivity contribution in [1.29, 1.82) is 0 Å². The molecule has 14 aromatic rings. The molecule has 332 valence electrons. The average molecular weight is 910 g/mol. The minimum Gasteiger partial charge on any atom is -0.436 e. The monoisotopic (exact) mass is 909 g/mol. The molecule has 5 heterocycles. The van der Waals surface area contributed by atoms with E-state index in [0.717, 1.165) is 111 Å². The normalized spacial score (nSPS) is 11.7. The molecule has 0 aliphatic heterocycles. The van der Waals surface area contributed by atoms with Gasteiger partial charge >= 0.3 is 0 Å². The number of fused-ring (bicyclic) bond motifs is 7. The van der Waals surface area contributed by atoms with Crippen molar-refractivity contribution in [3.8, 4) is 79.5 Å². The van der Waals surface area contributed by atoms with E-state index in [4.69, 9.17) is 29.3 Å². The van der Waals surface area contributed by atoms with Crippen molar-refractivity contribution in [3.05, 3.63) is 237 Å². The van der Waals surface area contributed by atoms with Crippen molar-refractivity contribution in [1.82, 2.24) is 34.1 Å². The van der Waals surface area contributed by atoms with Gasteiger partial charge in [-0.25, -0.2) is 24.9 Å². The fourth-order valence-electron chi connectivity index (χ4n) is 10.0. The molecule has 0 atom stereocenters. The Kier molecular flexibility index (Phi) is 9.35. The van der Waals surface area contributed by atoms with Gasteiger partial charge in [0.05, 0.1) is 44.8 Å². The van der Waals surface area contributed by atoms with E-state index in [2.05, 4.69) is 143 Å². The zero-order chi connectivity index (χ0) is 46.8. The van der Waals surface area contributed by atoms with Gasteiger partial charge in [-0.3, -0.25) is 9.13 Å². The summed E-state index contributed by atoms with van der Waals surface area (Å²) in [5.41, 5.74) is 15.9. The maximum Gasteiger partial charge on any atom is 0.235 e. The first-order chi connectivity index (χ1) is 35.2. The first-order valence-electron chi connectivity index (χ1n) is 23.7. The highest BCUT2D eigenvalue weighted by atomic mass is 16.3. The standard InChI is InChI=1S/C63H39N7O/c1-6-18-40(19-7-1)51-37-52(41-20-8-2-9-21-41)66-62(65-51)69-56-29-17-16-28-47(56)48-34-45(30-32-57(48)69)46-31-33-58-49(35-46)50-36-60-55(64-61(71-60)44-26-14-5-15-27-44)39-59(50)70(58)63-67-53(42-22-10-3-11-23-42)38-54(68-63)43-24-12-4-13-25-43/h1-39H. The zero-order valence-electron chi connectivity index (χ0n) is 38.1. The predicted molar refractivity (Wildman–Crippen MR) is 286 cm³/mol. The van der Waals surface area contributed by atoms with Crippen LogP contribution in [0.3, 0.4) is 0 Å². The summed E-state index contributed by atoms with van der Waals surface area (Å²) in [6.45, 7) is 0. The lowest BCUT2D eigenvalue weighted by Gasteiger charge is -2.12. The van der Waals surface area contributed by atoms with E-state index < -0.39 is 0 Å². The molecule has 8 heteroatoms. The second-order valence-corrected chi connectivity index (χ2v) is 17.7. The Labute approximate surface area is 407 Å². The molecule has 0 saturated heterocycles. The first-order valence-corrected chi connectivity index (χ1v) is 23.7. The van der Waals surface area contributed by atoms with Crippen LogP contribution in [0.2, 0.25) is 0 Å². The second kappa shape index (κ2) is 16.5. The summed E-state index contributed by atoms with van der Waals surface area (Å²) in [6.07, 6.45) is 0. The van der Waals surface area contributed by atoms with Crippen LogP contribution < -0.4 is 0 Å². The maximum absolute atomic E-state index is 6.52. The molecule has 0 bridgehead atoms. The van der Waals surface area contributed by atoms with Crippen LogP contribution in [-0.2, 0) is 0 Å². The quantitative estimate of drug-likeness (QED) is 0.151. The van der Waals surface area contributed by atoms with Crippen molar-refractivity contribution in [3.63, 3.8) is 0 Å². The summed E-state index contributed by atoms with van der Waals surface area (Å²) < 4.78 is 10.9. The van der Waals surface area contributed by atoms with Crippen LogP contribution in [0.4, 0.5) is 0 Å². The van der Waals surface area contributed by atoms with Crippen molar-refractivity contribution < 1.29 is 4.42 Å². The largest absolute Gasteiger partial charge is 0.436 e. The summed E-state index contributed by atoms with van der Waals surface area (Å²) in [6, 6.07) is 81.6. The van der Waals surface area contributed by atoms with Gasteiger partial charge in [0, 0.05) is 49.4 Å². The van der Waals surface area contributed by atoms with E-state index in [-0.39, 0.29) is 0 Å². The molecular weight excluding hydrogens is 871 g/mol. The lowest BCUT2D eigenvalue weighted by atomic mass is 10.0. The number of benzene rings is 9. The van der Waals surface area contributed by atoms with Crippen LogP contribution in [0.25, 0.3) is 134 Å². The Morgan fingerprint density at radius 3 is 1.13 bits per heavy atom. The molecule has 71 heavy (non-hydrogen) atoms. The third-order valence-corrected chi connectivity index (χ3v) is 13.4. The van der Waals surface area contributed by atoms with Crippen LogP contribution in [0.1, 0.15) is 0 Å². The highest BCUT2D eigenvalue weighted by molar-refractivity contribution is 6.14. The van der Waals surface area contributed by atoms with Gasteiger partial charge in [-0.1, -0.05) is 170 Å². The highest BCUT2D eigenvalue weighted by Crippen LogP contribution is 2.41. The minimum atomic E-state index is 0.562. The second-order valence-electron chi connectivity index (χ2n) is 17.7. The molecule has 0 fully saturated rings. The predicted octanol–water partition coefficient (Wildman–Crippen LogP) is 15.6. The number of aromatic nitrogens is 7. The van der Waals surface area contributed by atoms with Gasteiger partial charge in [-0.05, 0) is 77.9 Å². The van der Waals surface area contributed by atoms with E-state index in [9.17, 15) is 0 Å². The molecule has 0 amide bonds. The van der Waals surface area contributed by atoms with E-state index in [1.807, 2.05) is 103 Å². The van der Waals surface area contributed by atoms with Gasteiger partial charge in [-0.2, -0.15) is 0 Å². The van der Waals surface area contributed by atoms with Crippen LogP contribution >= 0.6 is 0 Å². The molecule has 9 aromatic carbocycles. The van der Waals surface area contributed by atoms with Crippen LogP contribution in [-0.4, -0.2) is 34.1 Å². The minimum absolute atomic E-state index is 0.562. The third kappa shape index (κ3) is 6.96. The Hall–Kier alpha value is -9.79. The fourth-order valence-corrected chi connectivity index (χ4v) is 10.0. The average Bonchev–Trinajstić information content (AvgIpc) is 4.13. The van der Waals surface area contributed by atoms with E-state index in [0.29, 0.717) is 23.4 Å². The van der Waals surface area contributed by atoms with Gasteiger partial charge in [-0.15, -0.1) is 0 Å². The lowest BCUT2D eigenvalue weighted by molar-refractivity contribution is 0.620. The number of hydrogen-bond acceptors (Lipinski definition) is 6. The topological polar surface area (TPSA) is 87.5 Å². The molecule has 0 spiro atoms. The van der Waals surface area contributed by atoms with Crippen molar-refractivity contribution >= 4 is 54.7 Å². The summed E-state index contributed by atoms with van der Waals surface area (Å²) in [4.78, 5) is 26.2. The van der Waals surface area contributed by atoms with Gasteiger partial charge < -0.3 is 4.42 Å². The van der Waals surface area contributed by atoms with Gasteiger partial charge in [0.1, 0.15) is 5.52 Å².